The summed E-state index contributed by atoms with van der Waals surface area (Å²) in [5.41, 5.74) is -0.537. The van der Waals surface area contributed by atoms with E-state index in [1.165, 1.54) is 23.1 Å². The molecule has 3 rings (SSSR count). The zero-order valence-electron chi connectivity index (χ0n) is 16.5. The van der Waals surface area contributed by atoms with Gasteiger partial charge in [0.25, 0.3) is 5.69 Å². The summed E-state index contributed by atoms with van der Waals surface area (Å²) in [6.45, 7) is 5.74. The molecular weight excluding hydrogens is 418 g/mol. The number of ether oxygens (including phenoxy) is 1. The number of fused-ring (bicyclic) bond motifs is 1. The molecule has 1 aromatic carbocycles. The third kappa shape index (κ3) is 5.02. The van der Waals surface area contributed by atoms with Gasteiger partial charge < -0.3 is 9.64 Å². The SMILES string of the molecule is CC(C)(C)OC(=O)N1CCCC[C@@H]1CS(=O)(=O)c1nc2cc([N+](=O)[O-])ccc2s1. The number of rotatable bonds is 4. The van der Waals surface area contributed by atoms with Crippen molar-refractivity contribution in [2.75, 3.05) is 12.3 Å². The van der Waals surface area contributed by atoms with Crippen LogP contribution in [0.4, 0.5) is 10.5 Å². The molecule has 9 nitrogen and oxygen atoms in total. The van der Waals surface area contributed by atoms with Crippen molar-refractivity contribution in [3.05, 3.63) is 28.3 Å². The number of hydrogen-bond donors (Lipinski definition) is 0. The number of piperidine rings is 1. The van der Waals surface area contributed by atoms with Crippen molar-refractivity contribution in [1.82, 2.24) is 9.88 Å². The van der Waals surface area contributed by atoms with Crippen molar-refractivity contribution < 1.29 is 22.9 Å². The first kappa shape index (κ1) is 21.4. The number of carbonyl (C=O) groups excluding carboxylic acids is 1. The first-order valence-corrected chi connectivity index (χ1v) is 11.7. The fourth-order valence-corrected chi connectivity index (χ4v) is 6.09. The monoisotopic (exact) mass is 441 g/mol. The van der Waals surface area contributed by atoms with Crippen molar-refractivity contribution in [1.29, 1.82) is 0 Å². The molecule has 29 heavy (non-hydrogen) atoms. The van der Waals surface area contributed by atoms with E-state index in [1.54, 1.807) is 20.8 Å². The van der Waals surface area contributed by atoms with Crippen LogP contribution in [0.5, 0.6) is 0 Å². The number of aromatic nitrogens is 1. The van der Waals surface area contributed by atoms with Gasteiger partial charge in [-0.1, -0.05) is 0 Å². The summed E-state index contributed by atoms with van der Waals surface area (Å²) in [5.74, 6) is -0.256. The number of benzene rings is 1. The second-order valence-corrected chi connectivity index (χ2v) is 11.2. The predicted molar refractivity (Wildman–Crippen MR) is 109 cm³/mol. The van der Waals surface area contributed by atoms with E-state index in [0.717, 1.165) is 24.2 Å². The van der Waals surface area contributed by atoms with Gasteiger partial charge in [-0.2, -0.15) is 0 Å². The highest BCUT2D eigenvalue weighted by Crippen LogP contribution is 2.30. The molecule has 1 fully saturated rings. The van der Waals surface area contributed by atoms with Gasteiger partial charge in [0.05, 0.1) is 20.9 Å². The molecule has 158 valence electrons. The second-order valence-electron chi connectivity index (χ2n) is 7.99. The predicted octanol–water partition coefficient (Wildman–Crippen LogP) is 3.77. The Balaban J connectivity index is 1.84. The first-order valence-electron chi connectivity index (χ1n) is 9.24. The van der Waals surface area contributed by atoms with Gasteiger partial charge in [0.1, 0.15) is 5.60 Å². The van der Waals surface area contributed by atoms with E-state index in [9.17, 15) is 23.3 Å². The van der Waals surface area contributed by atoms with E-state index < -0.39 is 32.5 Å². The van der Waals surface area contributed by atoms with Crippen molar-refractivity contribution in [2.24, 2.45) is 0 Å². The zero-order valence-corrected chi connectivity index (χ0v) is 18.1. The molecule has 1 saturated heterocycles. The molecule has 0 radical (unpaired) electrons. The Morgan fingerprint density at radius 1 is 1.38 bits per heavy atom. The van der Waals surface area contributed by atoms with Crippen molar-refractivity contribution in [2.45, 2.75) is 56.0 Å². The summed E-state index contributed by atoms with van der Waals surface area (Å²) in [7, 11) is -3.78. The number of thiazole rings is 1. The molecule has 1 atom stereocenters. The average Bonchev–Trinajstić information content (AvgIpc) is 3.04. The van der Waals surface area contributed by atoms with E-state index in [1.807, 2.05) is 0 Å². The van der Waals surface area contributed by atoms with Gasteiger partial charge in [0.2, 0.25) is 14.2 Å². The van der Waals surface area contributed by atoms with Crippen LogP contribution in [-0.2, 0) is 14.6 Å². The van der Waals surface area contributed by atoms with Crippen LogP contribution >= 0.6 is 11.3 Å². The quantitative estimate of drug-likeness (QED) is 0.523. The molecule has 0 aliphatic carbocycles. The molecule has 1 amide bonds. The minimum atomic E-state index is -3.78. The van der Waals surface area contributed by atoms with Gasteiger partial charge in [-0.05, 0) is 46.1 Å². The highest BCUT2D eigenvalue weighted by molar-refractivity contribution is 7.93. The molecular formula is C18H23N3O6S2. The number of amides is 1. The molecule has 0 unspecified atom stereocenters. The van der Waals surface area contributed by atoms with Gasteiger partial charge in [-0.3, -0.25) is 10.1 Å². The standard InChI is InChI=1S/C18H23N3O6S2/c1-18(2,3)27-17(22)20-9-5-4-6-13(20)11-29(25,26)16-19-14-10-12(21(23)24)7-8-15(14)28-16/h7-8,10,13H,4-6,9,11H2,1-3H3/t13-/m1/s1. The van der Waals surface area contributed by atoms with Crippen molar-refractivity contribution in [3.8, 4) is 0 Å². The maximum Gasteiger partial charge on any atom is 0.410 e. The van der Waals surface area contributed by atoms with Gasteiger partial charge in [-0.25, -0.2) is 18.2 Å². The summed E-state index contributed by atoms with van der Waals surface area (Å²) in [4.78, 5) is 28.5. The topological polar surface area (TPSA) is 120 Å². The third-order valence-electron chi connectivity index (χ3n) is 4.50. The van der Waals surface area contributed by atoms with Crippen LogP contribution in [-0.4, -0.2) is 53.3 Å². The molecule has 11 heteroatoms. The first-order chi connectivity index (χ1) is 13.5. The van der Waals surface area contributed by atoms with E-state index in [-0.39, 0.29) is 21.3 Å². The summed E-state index contributed by atoms with van der Waals surface area (Å²) in [6, 6.07) is 3.59. The van der Waals surface area contributed by atoms with Gasteiger partial charge in [0, 0.05) is 24.7 Å². The highest BCUT2D eigenvalue weighted by Gasteiger charge is 2.35. The van der Waals surface area contributed by atoms with Crippen LogP contribution in [0.3, 0.4) is 0 Å². The van der Waals surface area contributed by atoms with Crippen LogP contribution in [0.1, 0.15) is 40.0 Å². The Hall–Kier alpha value is -2.27. The number of carbonyl (C=O) groups is 1. The van der Waals surface area contributed by atoms with Gasteiger partial charge in [0.15, 0.2) is 0 Å². The van der Waals surface area contributed by atoms with Crippen LogP contribution in [0, 0.1) is 10.1 Å². The maximum atomic E-state index is 13.0. The van der Waals surface area contributed by atoms with Crippen LogP contribution in [0.2, 0.25) is 0 Å². The van der Waals surface area contributed by atoms with Crippen LogP contribution in [0.25, 0.3) is 10.2 Å². The van der Waals surface area contributed by atoms with Gasteiger partial charge in [-0.15, -0.1) is 11.3 Å². The Labute approximate surface area is 172 Å². The van der Waals surface area contributed by atoms with E-state index in [2.05, 4.69) is 4.98 Å². The average molecular weight is 442 g/mol. The molecule has 0 saturated carbocycles. The number of nitrogens with zero attached hydrogens (tertiary/aromatic N) is 3. The molecule has 2 aromatic rings. The summed E-state index contributed by atoms with van der Waals surface area (Å²) < 4.78 is 31.8. The largest absolute Gasteiger partial charge is 0.444 e. The molecule has 0 spiro atoms. The number of nitro groups is 1. The number of nitro benzene ring substituents is 1. The summed E-state index contributed by atoms with van der Waals surface area (Å²) >= 11 is 0.976. The number of likely N-dealkylation sites (tertiary alicyclic amines) is 1. The summed E-state index contributed by atoms with van der Waals surface area (Å²) in [5, 5.41) is 10.9. The smallest absolute Gasteiger partial charge is 0.410 e. The maximum absolute atomic E-state index is 13.0. The lowest BCUT2D eigenvalue weighted by Crippen LogP contribution is -2.48. The Morgan fingerprint density at radius 2 is 2.10 bits per heavy atom. The Morgan fingerprint density at radius 3 is 2.76 bits per heavy atom. The van der Waals surface area contributed by atoms with Crippen LogP contribution < -0.4 is 0 Å². The zero-order chi connectivity index (χ0) is 21.4. The number of hydrogen-bond acceptors (Lipinski definition) is 8. The lowest BCUT2D eigenvalue weighted by molar-refractivity contribution is -0.384. The lowest BCUT2D eigenvalue weighted by Gasteiger charge is -2.36. The number of non-ortho nitro benzene ring substituents is 1. The Kier molecular flexibility index (Phi) is 5.81. The fraction of sp³-hybridized carbons (Fsp3) is 0.556. The van der Waals surface area contributed by atoms with E-state index in [4.69, 9.17) is 4.74 Å². The Bertz CT molecular complexity index is 1040. The minimum Gasteiger partial charge on any atom is -0.444 e. The van der Waals surface area contributed by atoms with Crippen molar-refractivity contribution >= 4 is 43.2 Å². The number of sulfone groups is 1. The minimum absolute atomic E-state index is 0.0947. The third-order valence-corrected chi connectivity index (χ3v) is 7.79. The normalized spacial score (nSPS) is 18.0. The van der Waals surface area contributed by atoms with E-state index >= 15 is 0 Å². The highest BCUT2D eigenvalue weighted by atomic mass is 32.2. The molecule has 0 N–H and O–H groups in total. The van der Waals surface area contributed by atoms with Crippen molar-refractivity contribution in [3.63, 3.8) is 0 Å². The van der Waals surface area contributed by atoms with Gasteiger partial charge >= 0.3 is 6.09 Å². The molecule has 1 aliphatic heterocycles. The molecule has 1 aromatic heterocycles. The van der Waals surface area contributed by atoms with Crippen LogP contribution in [0.15, 0.2) is 22.5 Å². The second kappa shape index (κ2) is 7.86. The molecule has 1 aliphatic rings. The molecule has 2 heterocycles. The summed E-state index contributed by atoms with van der Waals surface area (Å²) in [6.07, 6.45) is 1.67. The fourth-order valence-electron chi connectivity index (χ4n) is 3.20. The molecule has 0 bridgehead atoms. The lowest BCUT2D eigenvalue weighted by atomic mass is 10.0. The van der Waals surface area contributed by atoms with E-state index in [0.29, 0.717) is 17.7 Å².